The van der Waals surface area contributed by atoms with E-state index in [2.05, 4.69) is 66.5 Å². The van der Waals surface area contributed by atoms with Crippen LogP contribution >= 0.6 is 0 Å². The van der Waals surface area contributed by atoms with Gasteiger partial charge in [0, 0.05) is 52.7 Å². The van der Waals surface area contributed by atoms with Crippen molar-refractivity contribution in [2.75, 3.05) is 39.9 Å². The molecule has 3 rings (SSSR count). The second kappa shape index (κ2) is 10.8. The van der Waals surface area contributed by atoms with E-state index in [1.165, 1.54) is 11.1 Å². The predicted molar refractivity (Wildman–Crippen MR) is 110 cm³/mol. The molecule has 0 aliphatic carbocycles. The highest BCUT2D eigenvalue weighted by Gasteiger charge is 2.12. The SMILES string of the molecule is CCc1nncn1CCNC(=NC)NCc1ccccc1CN1CCOCC1. The molecule has 2 heterocycles. The standard InChI is InChI=1S/C20H31N7O/c1-3-19-25-24-16-27(19)9-8-22-20(21-2)23-14-17-6-4-5-7-18(17)15-26-10-12-28-13-11-26/h4-7,16H,3,8-15H2,1-2H3,(H2,21,22,23). The van der Waals surface area contributed by atoms with Crippen LogP contribution < -0.4 is 10.6 Å². The first kappa shape index (κ1) is 20.3. The monoisotopic (exact) mass is 385 g/mol. The van der Waals surface area contributed by atoms with Gasteiger partial charge >= 0.3 is 0 Å². The first-order chi connectivity index (χ1) is 13.8. The fourth-order valence-corrected chi connectivity index (χ4v) is 3.32. The maximum atomic E-state index is 5.45. The minimum atomic E-state index is 0.743. The van der Waals surface area contributed by atoms with Crippen LogP contribution in [0.25, 0.3) is 0 Å². The van der Waals surface area contributed by atoms with E-state index in [-0.39, 0.29) is 0 Å². The first-order valence-electron chi connectivity index (χ1n) is 9.98. The van der Waals surface area contributed by atoms with Crippen LogP contribution in [0.15, 0.2) is 35.6 Å². The Morgan fingerprint density at radius 3 is 2.71 bits per heavy atom. The quantitative estimate of drug-likeness (QED) is 0.522. The summed E-state index contributed by atoms with van der Waals surface area (Å²) in [6.45, 7) is 9.00. The molecule has 1 aromatic heterocycles. The largest absolute Gasteiger partial charge is 0.379 e. The number of nitrogens with zero attached hydrogens (tertiary/aromatic N) is 5. The summed E-state index contributed by atoms with van der Waals surface area (Å²) in [6, 6.07) is 8.59. The lowest BCUT2D eigenvalue weighted by atomic mass is 10.1. The summed E-state index contributed by atoms with van der Waals surface area (Å²) >= 11 is 0. The van der Waals surface area contributed by atoms with Gasteiger partial charge in [0.05, 0.1) is 13.2 Å². The second-order valence-electron chi connectivity index (χ2n) is 6.80. The summed E-state index contributed by atoms with van der Waals surface area (Å²) in [5, 5.41) is 14.9. The summed E-state index contributed by atoms with van der Waals surface area (Å²) < 4.78 is 7.52. The fourth-order valence-electron chi connectivity index (χ4n) is 3.32. The molecule has 8 nitrogen and oxygen atoms in total. The van der Waals surface area contributed by atoms with E-state index >= 15 is 0 Å². The highest BCUT2D eigenvalue weighted by Crippen LogP contribution is 2.13. The Morgan fingerprint density at radius 2 is 1.96 bits per heavy atom. The lowest BCUT2D eigenvalue weighted by Crippen LogP contribution is -2.39. The van der Waals surface area contributed by atoms with Gasteiger partial charge in [-0.25, -0.2) is 0 Å². The molecule has 1 aliphatic rings. The van der Waals surface area contributed by atoms with Gasteiger partial charge in [0.25, 0.3) is 0 Å². The molecule has 1 saturated heterocycles. The Balaban J connectivity index is 1.49. The lowest BCUT2D eigenvalue weighted by Gasteiger charge is -2.27. The zero-order chi connectivity index (χ0) is 19.6. The molecule has 1 aliphatic heterocycles. The van der Waals surface area contributed by atoms with Crippen molar-refractivity contribution in [1.29, 1.82) is 0 Å². The van der Waals surface area contributed by atoms with Gasteiger partial charge in [-0.3, -0.25) is 9.89 Å². The van der Waals surface area contributed by atoms with Crippen LogP contribution in [0.5, 0.6) is 0 Å². The van der Waals surface area contributed by atoms with Crippen LogP contribution in [0.3, 0.4) is 0 Å². The molecule has 0 bridgehead atoms. The van der Waals surface area contributed by atoms with E-state index < -0.39 is 0 Å². The average Bonchev–Trinajstić information content (AvgIpc) is 3.20. The summed E-state index contributed by atoms with van der Waals surface area (Å²) in [6.07, 6.45) is 2.66. The van der Waals surface area contributed by atoms with Gasteiger partial charge in [-0.2, -0.15) is 0 Å². The molecule has 0 unspecified atom stereocenters. The van der Waals surface area contributed by atoms with Crippen molar-refractivity contribution in [2.45, 2.75) is 33.0 Å². The smallest absolute Gasteiger partial charge is 0.191 e. The van der Waals surface area contributed by atoms with E-state index in [9.17, 15) is 0 Å². The van der Waals surface area contributed by atoms with Crippen LogP contribution in [0.4, 0.5) is 0 Å². The van der Waals surface area contributed by atoms with Crippen molar-refractivity contribution in [3.05, 3.63) is 47.5 Å². The van der Waals surface area contributed by atoms with Crippen molar-refractivity contribution in [1.82, 2.24) is 30.3 Å². The Bertz CT molecular complexity index is 753. The van der Waals surface area contributed by atoms with Gasteiger partial charge in [0.2, 0.25) is 0 Å². The number of hydrogen-bond donors (Lipinski definition) is 2. The Kier molecular flexibility index (Phi) is 7.81. The Hall–Kier alpha value is -2.45. The maximum absolute atomic E-state index is 5.45. The number of ether oxygens (including phenoxy) is 1. The van der Waals surface area contributed by atoms with Crippen molar-refractivity contribution in [3.63, 3.8) is 0 Å². The number of aliphatic imine (C=N–C) groups is 1. The third-order valence-electron chi connectivity index (χ3n) is 4.94. The van der Waals surface area contributed by atoms with Crippen LogP contribution in [-0.4, -0.2) is 65.5 Å². The highest BCUT2D eigenvalue weighted by molar-refractivity contribution is 5.79. The summed E-state index contributed by atoms with van der Waals surface area (Å²) in [5.74, 6) is 1.80. The van der Waals surface area contributed by atoms with Crippen molar-refractivity contribution >= 4 is 5.96 Å². The van der Waals surface area contributed by atoms with Crippen molar-refractivity contribution in [3.8, 4) is 0 Å². The average molecular weight is 386 g/mol. The topological polar surface area (TPSA) is 79.6 Å². The van der Waals surface area contributed by atoms with Crippen molar-refractivity contribution in [2.24, 2.45) is 4.99 Å². The first-order valence-corrected chi connectivity index (χ1v) is 9.98. The third-order valence-corrected chi connectivity index (χ3v) is 4.94. The molecular formula is C20H31N7O. The molecule has 8 heteroatoms. The summed E-state index contributed by atoms with van der Waals surface area (Å²) in [4.78, 5) is 6.78. The lowest BCUT2D eigenvalue weighted by molar-refractivity contribution is 0.0341. The molecule has 2 aromatic rings. The molecular weight excluding hydrogens is 354 g/mol. The Morgan fingerprint density at radius 1 is 1.18 bits per heavy atom. The zero-order valence-electron chi connectivity index (χ0n) is 16.9. The molecule has 152 valence electrons. The van der Waals surface area contributed by atoms with E-state index in [4.69, 9.17) is 4.74 Å². The zero-order valence-corrected chi connectivity index (χ0v) is 16.9. The summed E-state index contributed by atoms with van der Waals surface area (Å²) in [5.41, 5.74) is 2.65. The number of hydrogen-bond acceptors (Lipinski definition) is 5. The number of guanidine groups is 1. The van der Waals surface area contributed by atoms with Crippen LogP contribution in [-0.2, 0) is 30.8 Å². The van der Waals surface area contributed by atoms with E-state index in [1.54, 1.807) is 13.4 Å². The highest BCUT2D eigenvalue weighted by atomic mass is 16.5. The molecule has 0 saturated carbocycles. The van der Waals surface area contributed by atoms with Gasteiger partial charge in [-0.05, 0) is 11.1 Å². The minimum Gasteiger partial charge on any atom is -0.379 e. The molecule has 0 atom stereocenters. The molecule has 0 spiro atoms. The van der Waals surface area contributed by atoms with Crippen LogP contribution in [0, 0.1) is 0 Å². The van der Waals surface area contributed by atoms with Gasteiger partial charge < -0.3 is 19.9 Å². The van der Waals surface area contributed by atoms with E-state index in [1.807, 2.05) is 0 Å². The number of rotatable bonds is 8. The predicted octanol–water partition coefficient (Wildman–Crippen LogP) is 1.04. The number of morpholine rings is 1. The molecule has 2 N–H and O–H groups in total. The molecule has 28 heavy (non-hydrogen) atoms. The number of benzene rings is 1. The van der Waals surface area contributed by atoms with E-state index in [0.717, 1.165) is 70.7 Å². The van der Waals surface area contributed by atoms with Gasteiger partial charge in [-0.15, -0.1) is 10.2 Å². The summed E-state index contributed by atoms with van der Waals surface area (Å²) in [7, 11) is 1.80. The van der Waals surface area contributed by atoms with Crippen LogP contribution in [0.2, 0.25) is 0 Å². The third kappa shape index (κ3) is 5.77. The molecule has 0 amide bonds. The van der Waals surface area contributed by atoms with Gasteiger partial charge in [0.15, 0.2) is 5.96 Å². The number of nitrogens with one attached hydrogen (secondary N) is 2. The number of aromatic nitrogens is 3. The van der Waals surface area contributed by atoms with Crippen molar-refractivity contribution < 1.29 is 4.74 Å². The molecule has 1 aromatic carbocycles. The number of aryl methyl sites for hydroxylation is 1. The normalized spacial score (nSPS) is 15.6. The molecule has 1 fully saturated rings. The van der Waals surface area contributed by atoms with Gasteiger partial charge in [0.1, 0.15) is 12.2 Å². The second-order valence-corrected chi connectivity index (χ2v) is 6.80. The van der Waals surface area contributed by atoms with Crippen LogP contribution in [0.1, 0.15) is 23.9 Å². The Labute approximate surface area is 167 Å². The maximum Gasteiger partial charge on any atom is 0.191 e. The molecule has 0 radical (unpaired) electrons. The van der Waals surface area contributed by atoms with E-state index in [0.29, 0.717) is 0 Å². The fraction of sp³-hybridized carbons (Fsp3) is 0.550. The van der Waals surface area contributed by atoms with Gasteiger partial charge in [-0.1, -0.05) is 31.2 Å². The minimum absolute atomic E-state index is 0.743.